The van der Waals surface area contributed by atoms with Crippen LogP contribution in [0.5, 0.6) is 11.5 Å². The van der Waals surface area contributed by atoms with E-state index < -0.39 is 0 Å². The Morgan fingerprint density at radius 2 is 1.97 bits per heavy atom. The van der Waals surface area contributed by atoms with Crippen molar-refractivity contribution in [3.63, 3.8) is 0 Å². The Kier molecular flexibility index (Phi) is 6.41. The van der Waals surface area contributed by atoms with Gasteiger partial charge >= 0.3 is 0 Å². The number of hydrogen-bond donors (Lipinski definition) is 1. The number of nitrogens with zero attached hydrogens (tertiary/aromatic N) is 5. The van der Waals surface area contributed by atoms with Crippen molar-refractivity contribution in [2.75, 3.05) is 12.4 Å². The number of amides is 1. The van der Waals surface area contributed by atoms with Gasteiger partial charge in [-0.15, -0.1) is 16.4 Å². The van der Waals surface area contributed by atoms with Crippen LogP contribution in [-0.4, -0.2) is 38.2 Å². The molecular weight excluding hydrogens is 428 g/mol. The number of nitrogens with one attached hydrogen (secondary N) is 1. The number of anilines is 1. The Morgan fingerprint density at radius 1 is 1.16 bits per heavy atom. The number of rotatable bonds is 8. The quantitative estimate of drug-likeness (QED) is 0.429. The van der Waals surface area contributed by atoms with Gasteiger partial charge < -0.3 is 9.47 Å². The maximum absolute atomic E-state index is 12.7. The largest absolute Gasteiger partial charge is 0.497 e. The molecule has 9 nitrogen and oxygen atoms in total. The average molecular weight is 451 g/mol. The minimum absolute atomic E-state index is 0.126. The summed E-state index contributed by atoms with van der Waals surface area (Å²) in [6.07, 6.45) is 0. The molecule has 0 aliphatic heterocycles. The number of carbonyl (C=O) groups excluding carboxylic acids is 1. The smallest absolute Gasteiger partial charge is 0.257 e. The van der Waals surface area contributed by atoms with Gasteiger partial charge in [-0.3, -0.25) is 10.1 Å². The van der Waals surface area contributed by atoms with Gasteiger partial charge in [-0.2, -0.15) is 0 Å². The van der Waals surface area contributed by atoms with Crippen LogP contribution < -0.4 is 14.8 Å². The molecule has 1 N–H and O–H groups in total. The minimum Gasteiger partial charge on any atom is -0.497 e. The molecular formula is C22H22N6O3S. The van der Waals surface area contributed by atoms with Crippen molar-refractivity contribution < 1.29 is 14.3 Å². The normalized spacial score (nSPS) is 10.9. The van der Waals surface area contributed by atoms with Crippen molar-refractivity contribution in [3.8, 4) is 22.8 Å². The second kappa shape index (κ2) is 9.56. The summed E-state index contributed by atoms with van der Waals surface area (Å²) < 4.78 is 12.8. The van der Waals surface area contributed by atoms with Gasteiger partial charge in [-0.05, 0) is 54.6 Å². The van der Waals surface area contributed by atoms with Gasteiger partial charge in [-0.1, -0.05) is 18.2 Å². The average Bonchev–Trinajstić information content (AvgIpc) is 3.47. The molecule has 0 bridgehead atoms. The SMILES string of the molecule is COc1cccc(-c2csc(NC(=O)c3cccc(OCc4nnnn4C(C)C)c3)n2)c1. The standard InChI is InChI=1S/C22H22N6O3S/c1-14(2)28-20(25-26-27-28)12-31-18-9-5-7-16(11-18)21(29)24-22-23-19(13-32-22)15-6-4-8-17(10-15)30-3/h4-11,13-14H,12H2,1-3H3,(H,23,24,29). The molecule has 2 aromatic carbocycles. The fraction of sp³-hybridized carbons (Fsp3) is 0.227. The van der Waals surface area contributed by atoms with Crippen LogP contribution in [0.3, 0.4) is 0 Å². The third-order valence-corrected chi connectivity index (χ3v) is 5.36. The van der Waals surface area contributed by atoms with Crippen molar-refractivity contribution in [2.24, 2.45) is 0 Å². The van der Waals surface area contributed by atoms with Crippen LogP contribution >= 0.6 is 11.3 Å². The zero-order valence-corrected chi connectivity index (χ0v) is 18.7. The van der Waals surface area contributed by atoms with E-state index in [0.29, 0.717) is 22.3 Å². The first-order chi connectivity index (χ1) is 15.5. The molecule has 0 aliphatic carbocycles. The lowest BCUT2D eigenvalue weighted by atomic mass is 10.2. The highest BCUT2D eigenvalue weighted by molar-refractivity contribution is 7.14. The lowest BCUT2D eigenvalue weighted by Crippen LogP contribution is -2.12. The monoisotopic (exact) mass is 450 g/mol. The summed E-state index contributed by atoms with van der Waals surface area (Å²) in [5.41, 5.74) is 2.15. The number of benzene rings is 2. The van der Waals surface area contributed by atoms with E-state index in [1.807, 2.05) is 43.5 Å². The molecule has 0 spiro atoms. The van der Waals surface area contributed by atoms with Gasteiger partial charge in [0.2, 0.25) is 0 Å². The van der Waals surface area contributed by atoms with Crippen LogP contribution in [0, 0.1) is 0 Å². The molecule has 164 valence electrons. The summed E-state index contributed by atoms with van der Waals surface area (Å²) in [4.78, 5) is 17.2. The number of aromatic nitrogens is 5. The van der Waals surface area contributed by atoms with Gasteiger partial charge in [0.15, 0.2) is 11.0 Å². The van der Waals surface area contributed by atoms with E-state index in [9.17, 15) is 4.79 Å². The first kappa shape index (κ1) is 21.4. The maximum atomic E-state index is 12.7. The molecule has 2 aromatic heterocycles. The van der Waals surface area contributed by atoms with E-state index in [0.717, 1.165) is 17.0 Å². The third kappa shape index (κ3) is 4.92. The third-order valence-electron chi connectivity index (χ3n) is 4.60. The van der Waals surface area contributed by atoms with Gasteiger partial charge in [0.1, 0.15) is 18.1 Å². The summed E-state index contributed by atoms with van der Waals surface area (Å²) in [5, 5.41) is 16.9. The van der Waals surface area contributed by atoms with Crippen molar-refractivity contribution >= 4 is 22.4 Å². The van der Waals surface area contributed by atoms with Crippen LogP contribution in [0.15, 0.2) is 53.9 Å². The summed E-state index contributed by atoms with van der Waals surface area (Å²) in [7, 11) is 1.62. The fourth-order valence-corrected chi connectivity index (χ4v) is 3.71. The molecule has 4 aromatic rings. The zero-order valence-electron chi connectivity index (χ0n) is 17.8. The van der Waals surface area contributed by atoms with E-state index in [-0.39, 0.29) is 18.6 Å². The second-order valence-corrected chi connectivity index (χ2v) is 8.03. The van der Waals surface area contributed by atoms with Crippen LogP contribution in [-0.2, 0) is 6.61 Å². The summed E-state index contributed by atoms with van der Waals surface area (Å²) in [6.45, 7) is 4.18. The molecule has 10 heteroatoms. The molecule has 0 atom stereocenters. The highest BCUT2D eigenvalue weighted by Gasteiger charge is 2.13. The summed E-state index contributed by atoms with van der Waals surface area (Å²) in [5.74, 6) is 1.64. The van der Waals surface area contributed by atoms with E-state index in [4.69, 9.17) is 9.47 Å². The number of tetrazole rings is 1. The number of methoxy groups -OCH3 is 1. The molecule has 0 saturated carbocycles. The minimum atomic E-state index is -0.269. The van der Waals surface area contributed by atoms with E-state index >= 15 is 0 Å². The molecule has 0 radical (unpaired) electrons. The molecule has 0 saturated heterocycles. The van der Waals surface area contributed by atoms with Crippen molar-refractivity contribution in [2.45, 2.75) is 26.5 Å². The van der Waals surface area contributed by atoms with E-state index in [1.54, 1.807) is 36.1 Å². The molecule has 0 unspecified atom stereocenters. The van der Waals surface area contributed by atoms with E-state index in [2.05, 4.69) is 25.8 Å². The van der Waals surface area contributed by atoms with Crippen molar-refractivity contribution in [1.29, 1.82) is 0 Å². The van der Waals surface area contributed by atoms with Gasteiger partial charge in [-0.25, -0.2) is 9.67 Å². The van der Waals surface area contributed by atoms with E-state index in [1.165, 1.54) is 11.3 Å². The first-order valence-electron chi connectivity index (χ1n) is 9.94. The van der Waals surface area contributed by atoms with Gasteiger partial charge in [0.05, 0.1) is 18.8 Å². The lowest BCUT2D eigenvalue weighted by Gasteiger charge is -2.10. The number of thiazole rings is 1. The molecule has 1 amide bonds. The molecule has 32 heavy (non-hydrogen) atoms. The second-order valence-electron chi connectivity index (χ2n) is 7.17. The first-order valence-corrected chi connectivity index (χ1v) is 10.8. The Bertz CT molecular complexity index is 1220. The lowest BCUT2D eigenvalue weighted by molar-refractivity contribution is 0.102. The predicted octanol–water partition coefficient (Wildman–Crippen LogP) is 4.22. The fourth-order valence-electron chi connectivity index (χ4n) is 3.00. The highest BCUT2D eigenvalue weighted by atomic mass is 32.1. The maximum Gasteiger partial charge on any atom is 0.257 e. The summed E-state index contributed by atoms with van der Waals surface area (Å²) in [6, 6.07) is 14.7. The molecule has 2 heterocycles. The van der Waals surface area contributed by atoms with Gasteiger partial charge in [0, 0.05) is 16.5 Å². The Labute approximate surface area is 189 Å². The Hall–Kier alpha value is -3.79. The Balaban J connectivity index is 1.42. The predicted molar refractivity (Wildman–Crippen MR) is 121 cm³/mol. The van der Waals surface area contributed by atoms with Crippen molar-refractivity contribution in [1.82, 2.24) is 25.2 Å². The van der Waals surface area contributed by atoms with Crippen LogP contribution in [0.1, 0.15) is 36.1 Å². The topological polar surface area (TPSA) is 104 Å². The number of ether oxygens (including phenoxy) is 2. The summed E-state index contributed by atoms with van der Waals surface area (Å²) >= 11 is 1.36. The zero-order chi connectivity index (χ0) is 22.5. The van der Waals surface area contributed by atoms with Crippen LogP contribution in [0.4, 0.5) is 5.13 Å². The Morgan fingerprint density at radius 3 is 2.78 bits per heavy atom. The highest BCUT2D eigenvalue weighted by Crippen LogP contribution is 2.28. The van der Waals surface area contributed by atoms with Crippen LogP contribution in [0.2, 0.25) is 0 Å². The number of hydrogen-bond acceptors (Lipinski definition) is 8. The van der Waals surface area contributed by atoms with Crippen molar-refractivity contribution in [3.05, 3.63) is 65.3 Å². The number of carbonyl (C=O) groups is 1. The van der Waals surface area contributed by atoms with Gasteiger partial charge in [0.25, 0.3) is 5.91 Å². The molecule has 0 fully saturated rings. The molecule has 4 rings (SSSR count). The van der Waals surface area contributed by atoms with Crippen LogP contribution in [0.25, 0.3) is 11.3 Å². The molecule has 0 aliphatic rings.